The lowest BCUT2D eigenvalue weighted by molar-refractivity contribution is -0.385. The van der Waals surface area contributed by atoms with Crippen LogP contribution in [0.15, 0.2) is 42.5 Å². The fourth-order valence-electron chi connectivity index (χ4n) is 2.12. The first-order chi connectivity index (χ1) is 9.00. The van der Waals surface area contributed by atoms with Gasteiger partial charge in [-0.1, -0.05) is 36.4 Å². The molecule has 0 radical (unpaired) electrons. The molecule has 0 fully saturated rings. The highest BCUT2D eigenvalue weighted by atomic mass is 16.6. The van der Waals surface area contributed by atoms with Gasteiger partial charge in [0.05, 0.1) is 4.92 Å². The lowest BCUT2D eigenvalue weighted by Gasteiger charge is -2.07. The molecule has 0 saturated carbocycles. The number of carbonyl (C=O) groups excluding carboxylic acids is 1. The van der Waals surface area contributed by atoms with Crippen molar-refractivity contribution >= 4 is 11.5 Å². The molecule has 4 heteroatoms. The van der Waals surface area contributed by atoms with Crippen molar-refractivity contribution in [3.63, 3.8) is 0 Å². The van der Waals surface area contributed by atoms with E-state index < -0.39 is 4.92 Å². The van der Waals surface area contributed by atoms with E-state index in [1.54, 1.807) is 50.2 Å². The van der Waals surface area contributed by atoms with Gasteiger partial charge in [-0.25, -0.2) is 0 Å². The first-order valence-corrected chi connectivity index (χ1v) is 5.86. The third-order valence-electron chi connectivity index (χ3n) is 2.92. The van der Waals surface area contributed by atoms with Crippen LogP contribution in [0.25, 0.3) is 0 Å². The maximum Gasteiger partial charge on any atom is 0.281 e. The summed E-state index contributed by atoms with van der Waals surface area (Å²) in [6.45, 7) is 3.49. The molecule has 0 atom stereocenters. The highest BCUT2D eigenvalue weighted by molar-refractivity contribution is 6.12. The van der Waals surface area contributed by atoms with Crippen LogP contribution in [-0.2, 0) is 0 Å². The maximum atomic E-state index is 12.4. The van der Waals surface area contributed by atoms with Crippen LogP contribution in [0.4, 0.5) is 5.69 Å². The Morgan fingerprint density at radius 3 is 2.32 bits per heavy atom. The molecule has 0 N–H and O–H groups in total. The minimum Gasteiger partial charge on any atom is -0.288 e. The van der Waals surface area contributed by atoms with Crippen LogP contribution >= 0.6 is 0 Å². The van der Waals surface area contributed by atoms with E-state index in [4.69, 9.17) is 0 Å². The number of nitro benzene ring substituents is 1. The highest BCUT2D eigenvalue weighted by Crippen LogP contribution is 2.26. The Balaban J connectivity index is 2.62. The molecular weight excluding hydrogens is 242 g/mol. The largest absolute Gasteiger partial charge is 0.288 e. The molecule has 0 bridgehead atoms. The SMILES string of the molecule is Cc1cc(C)c(C(=O)c2ccccc2)c([N+](=O)[O-])c1. The minimum atomic E-state index is -0.504. The van der Waals surface area contributed by atoms with Gasteiger partial charge >= 0.3 is 0 Å². The number of carbonyl (C=O) groups is 1. The number of rotatable bonds is 3. The Labute approximate surface area is 110 Å². The average Bonchev–Trinajstić information content (AvgIpc) is 2.38. The van der Waals surface area contributed by atoms with E-state index in [-0.39, 0.29) is 17.0 Å². The second-order valence-electron chi connectivity index (χ2n) is 4.43. The van der Waals surface area contributed by atoms with Crippen molar-refractivity contribution < 1.29 is 9.72 Å². The smallest absolute Gasteiger partial charge is 0.281 e. The average molecular weight is 255 g/mol. The van der Waals surface area contributed by atoms with Gasteiger partial charge < -0.3 is 0 Å². The van der Waals surface area contributed by atoms with Gasteiger partial charge in [-0.15, -0.1) is 0 Å². The van der Waals surface area contributed by atoms with E-state index in [0.717, 1.165) is 5.56 Å². The molecule has 0 amide bonds. The van der Waals surface area contributed by atoms with E-state index in [1.807, 2.05) is 0 Å². The molecule has 2 aromatic carbocycles. The van der Waals surface area contributed by atoms with Crippen molar-refractivity contribution in [3.05, 3.63) is 74.8 Å². The van der Waals surface area contributed by atoms with Gasteiger partial charge in [0, 0.05) is 11.6 Å². The third-order valence-corrected chi connectivity index (χ3v) is 2.92. The standard InChI is InChI=1S/C15H13NO3/c1-10-8-11(2)14(13(9-10)16(18)19)15(17)12-6-4-3-5-7-12/h3-9H,1-2H3. The van der Waals surface area contributed by atoms with Crippen molar-refractivity contribution in [2.45, 2.75) is 13.8 Å². The molecule has 0 aliphatic carbocycles. The number of benzene rings is 2. The molecule has 96 valence electrons. The molecule has 2 rings (SSSR count). The van der Waals surface area contributed by atoms with Crippen LogP contribution in [0.3, 0.4) is 0 Å². The highest BCUT2D eigenvalue weighted by Gasteiger charge is 2.23. The van der Waals surface area contributed by atoms with Crippen molar-refractivity contribution in [1.82, 2.24) is 0 Å². The topological polar surface area (TPSA) is 60.2 Å². The van der Waals surface area contributed by atoms with E-state index in [9.17, 15) is 14.9 Å². The lowest BCUT2D eigenvalue weighted by Crippen LogP contribution is -2.08. The zero-order valence-electron chi connectivity index (χ0n) is 10.7. The predicted octanol–water partition coefficient (Wildman–Crippen LogP) is 3.44. The van der Waals surface area contributed by atoms with Crippen LogP contribution in [0.5, 0.6) is 0 Å². The molecule has 4 nitrogen and oxygen atoms in total. The normalized spacial score (nSPS) is 10.2. The molecule has 0 unspecified atom stereocenters. The molecule has 0 aromatic heterocycles. The Morgan fingerprint density at radius 1 is 1.11 bits per heavy atom. The van der Waals surface area contributed by atoms with Crippen molar-refractivity contribution in [2.24, 2.45) is 0 Å². The fourth-order valence-corrected chi connectivity index (χ4v) is 2.12. The lowest BCUT2D eigenvalue weighted by atomic mass is 9.96. The number of nitrogens with zero attached hydrogens (tertiary/aromatic N) is 1. The third kappa shape index (κ3) is 2.52. The van der Waals surface area contributed by atoms with Gasteiger partial charge in [0.1, 0.15) is 5.56 Å². The molecule has 19 heavy (non-hydrogen) atoms. The zero-order chi connectivity index (χ0) is 14.0. The summed E-state index contributed by atoms with van der Waals surface area (Å²) in [6, 6.07) is 11.8. The van der Waals surface area contributed by atoms with Gasteiger partial charge in [0.2, 0.25) is 0 Å². The summed E-state index contributed by atoms with van der Waals surface area (Å²) in [5.74, 6) is -0.315. The Morgan fingerprint density at radius 2 is 1.74 bits per heavy atom. The second kappa shape index (κ2) is 5.02. The molecule has 0 aliphatic rings. The van der Waals surface area contributed by atoms with Gasteiger partial charge in [-0.05, 0) is 25.0 Å². The fraction of sp³-hybridized carbons (Fsp3) is 0.133. The summed E-state index contributed by atoms with van der Waals surface area (Å²) in [5, 5.41) is 11.1. The molecule has 0 heterocycles. The summed E-state index contributed by atoms with van der Waals surface area (Å²) in [4.78, 5) is 23.0. The summed E-state index contributed by atoms with van der Waals surface area (Å²) in [5.41, 5.74) is 1.89. The monoisotopic (exact) mass is 255 g/mol. The summed E-state index contributed by atoms with van der Waals surface area (Å²) in [7, 11) is 0. The van der Waals surface area contributed by atoms with Gasteiger partial charge in [-0.3, -0.25) is 14.9 Å². The second-order valence-corrected chi connectivity index (χ2v) is 4.43. The van der Waals surface area contributed by atoms with Crippen LogP contribution in [-0.4, -0.2) is 10.7 Å². The van der Waals surface area contributed by atoms with Gasteiger partial charge in [-0.2, -0.15) is 0 Å². The Hall–Kier alpha value is -2.49. The number of hydrogen-bond donors (Lipinski definition) is 0. The Kier molecular flexibility index (Phi) is 3.42. The number of nitro groups is 1. The van der Waals surface area contributed by atoms with Gasteiger partial charge in [0.25, 0.3) is 5.69 Å². The molecule has 0 saturated heterocycles. The zero-order valence-corrected chi connectivity index (χ0v) is 10.7. The quantitative estimate of drug-likeness (QED) is 0.479. The first-order valence-electron chi connectivity index (χ1n) is 5.86. The summed E-state index contributed by atoms with van der Waals surface area (Å²) >= 11 is 0. The first kappa shape index (κ1) is 13.0. The van der Waals surface area contributed by atoms with E-state index in [1.165, 1.54) is 6.07 Å². The Bertz CT molecular complexity index is 648. The number of ketones is 1. The van der Waals surface area contributed by atoms with Crippen LogP contribution in [0.2, 0.25) is 0 Å². The van der Waals surface area contributed by atoms with E-state index in [2.05, 4.69) is 0 Å². The predicted molar refractivity (Wildman–Crippen MR) is 72.4 cm³/mol. The van der Waals surface area contributed by atoms with Crippen LogP contribution in [0, 0.1) is 24.0 Å². The number of aryl methyl sites for hydroxylation is 2. The molecular formula is C15H13NO3. The molecule has 0 aliphatic heterocycles. The van der Waals surface area contributed by atoms with E-state index in [0.29, 0.717) is 11.1 Å². The maximum absolute atomic E-state index is 12.4. The molecule has 2 aromatic rings. The minimum absolute atomic E-state index is 0.133. The van der Waals surface area contributed by atoms with Gasteiger partial charge in [0.15, 0.2) is 5.78 Å². The van der Waals surface area contributed by atoms with E-state index >= 15 is 0 Å². The molecule has 0 spiro atoms. The number of hydrogen-bond acceptors (Lipinski definition) is 3. The van der Waals surface area contributed by atoms with Crippen molar-refractivity contribution in [2.75, 3.05) is 0 Å². The van der Waals surface area contributed by atoms with Crippen molar-refractivity contribution in [3.8, 4) is 0 Å². The van der Waals surface area contributed by atoms with Crippen molar-refractivity contribution in [1.29, 1.82) is 0 Å². The summed E-state index contributed by atoms with van der Waals surface area (Å²) < 4.78 is 0. The van der Waals surface area contributed by atoms with Crippen LogP contribution < -0.4 is 0 Å². The van der Waals surface area contributed by atoms with Crippen LogP contribution in [0.1, 0.15) is 27.0 Å². The summed E-state index contributed by atoms with van der Waals surface area (Å²) in [6.07, 6.45) is 0.